The zero-order valence-corrected chi connectivity index (χ0v) is 45.9. The number of ether oxygens (including phenoxy) is 5. The van der Waals surface area contributed by atoms with Crippen LogP contribution in [0, 0.1) is 17.7 Å². The van der Waals surface area contributed by atoms with Crippen LogP contribution in [0.2, 0.25) is 0 Å². The number of nitrogens with zero attached hydrogens (tertiary/aromatic N) is 5. The monoisotopic (exact) mass is 1100 g/mol. The van der Waals surface area contributed by atoms with Crippen LogP contribution in [-0.4, -0.2) is 111 Å². The van der Waals surface area contributed by atoms with Crippen molar-refractivity contribution >= 4 is 100 Å². The van der Waals surface area contributed by atoms with Crippen molar-refractivity contribution in [2.24, 2.45) is 11.8 Å². The van der Waals surface area contributed by atoms with Gasteiger partial charge in [-0.3, -0.25) is 14.2 Å². The number of fused-ring (bicyclic) bond motifs is 6. The van der Waals surface area contributed by atoms with Gasteiger partial charge < -0.3 is 54.1 Å². The van der Waals surface area contributed by atoms with E-state index in [1.165, 1.54) is 31.6 Å². The molecule has 2 aromatic carbocycles. The summed E-state index contributed by atoms with van der Waals surface area (Å²) in [5, 5.41) is 8.10. The van der Waals surface area contributed by atoms with Gasteiger partial charge in [0.05, 0.1) is 66.9 Å². The summed E-state index contributed by atoms with van der Waals surface area (Å²) < 4.78 is 47.5. The molecule has 8 heterocycles. The predicted molar refractivity (Wildman–Crippen MR) is 294 cm³/mol. The fourth-order valence-corrected chi connectivity index (χ4v) is 11.0. The molecule has 394 valence electrons. The molecule has 10 rings (SSSR count). The van der Waals surface area contributed by atoms with E-state index in [0.717, 1.165) is 39.9 Å². The molecule has 0 bridgehead atoms. The number of benzene rings is 2. The standard InChI is InChI=1S/C49H54FN9O9S.4H2S/c1-24(2)39(55-48(62)64-5)45(60)57-13-7-9-33(57)43-51-21-30(53-43)26-11-12-32-28(17-26)19-35-38-29(50)18-27(20-36(38)68-47(59(32)35)42-41-37(23-69-42)66-15-16-67-41)31-22-52-44(54-31)34-10-8-14-58(34)46(61)40(25(3)4)56-49(63)65-6;;;;/h11-12,17-25,33-34,39-40,47H,7-10,13-16H2,1-6H3,(H,51,53)(H,52,54)(H,55,62)(H,56,63);4*1H2/t33-,34-,39-,40-,47?;;;;/m0..../s1. The maximum absolute atomic E-state index is 17.0. The zero-order chi connectivity index (χ0) is 48.2. The van der Waals surface area contributed by atoms with Crippen molar-refractivity contribution in [3.63, 3.8) is 0 Å². The molecule has 1 unspecified atom stereocenters. The SMILES string of the molecule is COC(=O)N[C@H](C(=O)N1CCC[C@H]1c1ncc(-c2cc(F)c3c(c2)OC(c2scc4c2OCCO4)n2c-3cc3cc(-c4cnc([C@@H]5CCCN5C(=O)[C@@H](NC(=O)OC)C(C)C)[nH]4)ccc32)[nH]1)C(C)C.S.S.S.S. The number of rotatable bonds is 11. The normalized spacial score (nSPS) is 18.2. The quantitative estimate of drug-likeness (QED) is 0.0967. The number of hydrogen-bond acceptors (Lipinski definition) is 12. The fourth-order valence-electron chi connectivity index (χ4n) is 10.0. The molecule has 4 aliphatic heterocycles. The molecule has 2 fully saturated rings. The fraction of sp³-hybridized carbons (Fsp3) is 0.429. The van der Waals surface area contributed by atoms with E-state index in [9.17, 15) is 19.2 Å². The number of H-pyrrole nitrogens is 2. The second kappa shape index (κ2) is 23.2. The number of halogens is 1. The Labute approximate surface area is 453 Å². The van der Waals surface area contributed by atoms with Crippen LogP contribution in [0.25, 0.3) is 44.7 Å². The molecule has 4 amide bonds. The van der Waals surface area contributed by atoms with Crippen LogP contribution < -0.4 is 24.8 Å². The van der Waals surface area contributed by atoms with Crippen molar-refractivity contribution in [3.05, 3.63) is 76.5 Å². The van der Waals surface area contributed by atoms with Crippen LogP contribution in [0.1, 0.15) is 88.2 Å². The Balaban J connectivity index is 0.00000217. The van der Waals surface area contributed by atoms with E-state index >= 15 is 4.39 Å². The number of alkyl carbamates (subject to hydrolysis) is 2. The zero-order valence-electron chi connectivity index (χ0n) is 41.1. The summed E-state index contributed by atoms with van der Waals surface area (Å²) in [5.41, 5.74) is 4.32. The molecule has 18 nitrogen and oxygen atoms in total. The highest BCUT2D eigenvalue weighted by Crippen LogP contribution is 2.52. The van der Waals surface area contributed by atoms with Gasteiger partial charge in [-0.15, -0.1) is 11.3 Å². The van der Waals surface area contributed by atoms with Gasteiger partial charge in [-0.05, 0) is 67.9 Å². The van der Waals surface area contributed by atoms with Crippen molar-refractivity contribution in [2.75, 3.05) is 40.5 Å². The van der Waals surface area contributed by atoms with Crippen molar-refractivity contribution in [3.8, 4) is 51.0 Å². The third-order valence-electron chi connectivity index (χ3n) is 13.5. The van der Waals surface area contributed by atoms with Crippen LogP contribution in [0.5, 0.6) is 17.2 Å². The van der Waals surface area contributed by atoms with Crippen molar-refractivity contribution in [2.45, 2.75) is 83.8 Å². The van der Waals surface area contributed by atoms with Gasteiger partial charge in [0.2, 0.25) is 18.0 Å². The molecule has 73 heavy (non-hydrogen) atoms. The van der Waals surface area contributed by atoms with Crippen molar-refractivity contribution in [1.29, 1.82) is 0 Å². The van der Waals surface area contributed by atoms with Crippen LogP contribution in [0.15, 0.2) is 54.2 Å². The highest BCUT2D eigenvalue weighted by atomic mass is 32.1. The summed E-state index contributed by atoms with van der Waals surface area (Å²) in [7, 11) is 2.53. The Hall–Kier alpha value is -5.69. The van der Waals surface area contributed by atoms with Gasteiger partial charge in [-0.25, -0.2) is 23.9 Å². The molecule has 6 aromatic rings. The number of aromatic amines is 2. The van der Waals surface area contributed by atoms with Gasteiger partial charge >= 0.3 is 12.2 Å². The summed E-state index contributed by atoms with van der Waals surface area (Å²) in [5.74, 6) is 1.45. The number of thiophene rings is 1. The second-order valence-corrected chi connectivity index (χ2v) is 19.3. The smallest absolute Gasteiger partial charge is 0.407 e. The van der Waals surface area contributed by atoms with Crippen LogP contribution in [-0.2, 0) is 19.1 Å². The molecule has 4 aliphatic rings. The maximum Gasteiger partial charge on any atom is 0.407 e. The summed E-state index contributed by atoms with van der Waals surface area (Å²) in [6.45, 7) is 9.30. The lowest BCUT2D eigenvalue weighted by Gasteiger charge is -2.31. The van der Waals surface area contributed by atoms with Crippen LogP contribution in [0.4, 0.5) is 14.0 Å². The largest absolute Gasteiger partial charge is 0.485 e. The number of amides is 4. The number of carbonyl (C=O) groups is 4. The number of carbonyl (C=O) groups excluding carboxylic acids is 4. The van der Waals surface area contributed by atoms with E-state index in [4.69, 9.17) is 33.7 Å². The van der Waals surface area contributed by atoms with E-state index < -0.39 is 36.3 Å². The Bertz CT molecular complexity index is 2980. The molecule has 2 saturated heterocycles. The first-order valence-corrected chi connectivity index (χ1v) is 24.1. The first-order chi connectivity index (χ1) is 33.3. The molecular formula is C49H62FN9O9S5. The third-order valence-corrected chi connectivity index (χ3v) is 14.4. The average Bonchev–Trinajstić information content (AvgIpc) is 4.21. The Morgan fingerprint density at radius 3 is 1.88 bits per heavy atom. The molecular weight excluding hydrogens is 1040 g/mol. The molecule has 5 atom stereocenters. The van der Waals surface area contributed by atoms with Crippen LogP contribution >= 0.6 is 65.3 Å². The molecule has 0 radical (unpaired) electrons. The molecule has 0 saturated carbocycles. The third kappa shape index (κ3) is 10.5. The summed E-state index contributed by atoms with van der Waals surface area (Å²) in [6.07, 6.45) is 4.20. The molecule has 0 aliphatic carbocycles. The minimum Gasteiger partial charge on any atom is -0.485 e. The van der Waals surface area contributed by atoms with E-state index in [1.807, 2.05) is 61.9 Å². The lowest BCUT2D eigenvalue weighted by Crippen LogP contribution is -2.51. The highest BCUT2D eigenvalue weighted by Gasteiger charge is 2.40. The Morgan fingerprint density at radius 1 is 0.753 bits per heavy atom. The Kier molecular flexibility index (Phi) is 18.0. The van der Waals surface area contributed by atoms with E-state index in [1.54, 1.807) is 28.3 Å². The molecule has 0 spiro atoms. The number of aromatic nitrogens is 5. The maximum atomic E-state index is 17.0. The number of nitrogens with one attached hydrogen (secondary N) is 4. The first kappa shape index (κ1) is 56.6. The van der Waals surface area contributed by atoms with Gasteiger partial charge in [0, 0.05) is 35.0 Å². The van der Waals surface area contributed by atoms with E-state index in [-0.39, 0.29) is 95.3 Å². The molecule has 24 heteroatoms. The van der Waals surface area contributed by atoms with E-state index in [0.29, 0.717) is 85.0 Å². The number of hydrogen-bond donors (Lipinski definition) is 4. The van der Waals surface area contributed by atoms with Gasteiger partial charge in [0.15, 0.2) is 11.5 Å². The Morgan fingerprint density at radius 2 is 1.32 bits per heavy atom. The number of likely N-dealkylation sites (tertiary alicyclic amines) is 2. The predicted octanol–water partition coefficient (Wildman–Crippen LogP) is 8.54. The van der Waals surface area contributed by atoms with Crippen molar-refractivity contribution in [1.82, 2.24) is 44.9 Å². The first-order valence-electron chi connectivity index (χ1n) is 23.3. The highest BCUT2D eigenvalue weighted by molar-refractivity contribution is 7.59. The van der Waals surface area contributed by atoms with Crippen molar-refractivity contribution < 1.29 is 47.3 Å². The van der Waals surface area contributed by atoms with E-state index in [2.05, 4.69) is 20.6 Å². The van der Waals surface area contributed by atoms with Gasteiger partial charge in [-0.2, -0.15) is 54.0 Å². The van der Waals surface area contributed by atoms with Crippen LogP contribution in [0.3, 0.4) is 0 Å². The minimum atomic E-state index is -0.784. The average molecular weight is 1100 g/mol. The lowest BCUT2D eigenvalue weighted by atomic mass is 10.0. The summed E-state index contributed by atoms with van der Waals surface area (Å²) in [4.78, 5) is 72.5. The van der Waals surface area contributed by atoms with Gasteiger partial charge in [0.1, 0.15) is 53.4 Å². The summed E-state index contributed by atoms with van der Waals surface area (Å²) in [6, 6.07) is 8.98. The molecule has 4 N–H and O–H groups in total. The number of methoxy groups -OCH3 is 2. The number of imidazole rings is 2. The molecule has 4 aromatic heterocycles. The lowest BCUT2D eigenvalue weighted by molar-refractivity contribution is -0.136. The van der Waals surface area contributed by atoms with Gasteiger partial charge in [-0.1, -0.05) is 33.8 Å². The van der Waals surface area contributed by atoms with Gasteiger partial charge in [0.25, 0.3) is 0 Å². The summed E-state index contributed by atoms with van der Waals surface area (Å²) >= 11 is 1.44. The second-order valence-electron chi connectivity index (χ2n) is 18.4. The minimum absolute atomic E-state index is 0. The topological polar surface area (TPSA) is 207 Å².